The number of hydrogen-bond acceptors (Lipinski definition) is 5. The minimum atomic E-state index is -3.89. The van der Waals surface area contributed by atoms with Crippen LogP contribution in [0.25, 0.3) is 10.9 Å². The third-order valence-electron chi connectivity index (χ3n) is 5.43. The molecule has 0 saturated carbocycles. The Labute approximate surface area is 185 Å². The van der Waals surface area contributed by atoms with E-state index in [1.54, 1.807) is 54.4 Å². The fraction of sp³-hybridized carbons (Fsp3) is 0.227. The summed E-state index contributed by atoms with van der Waals surface area (Å²) in [5.41, 5.74) is 1.09. The van der Waals surface area contributed by atoms with Gasteiger partial charge in [0.25, 0.3) is 15.9 Å². The summed E-state index contributed by atoms with van der Waals surface area (Å²) in [4.78, 5) is 31.2. The first-order valence-electron chi connectivity index (χ1n) is 10.0. The summed E-state index contributed by atoms with van der Waals surface area (Å²) in [5, 5.41) is 9.84. The minimum absolute atomic E-state index is 0.0703. The highest BCUT2D eigenvalue weighted by molar-refractivity contribution is 7.93. The topological polar surface area (TPSA) is 120 Å². The maximum absolute atomic E-state index is 12.9. The van der Waals surface area contributed by atoms with Crippen molar-refractivity contribution >= 4 is 38.6 Å². The molecule has 1 aliphatic rings. The van der Waals surface area contributed by atoms with Gasteiger partial charge in [-0.05, 0) is 43.3 Å². The number of fused-ring (bicyclic) bond motifs is 1. The van der Waals surface area contributed by atoms with Crippen molar-refractivity contribution in [1.29, 1.82) is 0 Å². The third kappa shape index (κ3) is 4.22. The maximum Gasteiger partial charge on any atom is 0.407 e. The number of para-hydroxylation sites is 1. The molecule has 166 valence electrons. The van der Waals surface area contributed by atoms with Gasteiger partial charge in [0.15, 0.2) is 0 Å². The molecule has 1 aromatic heterocycles. The number of rotatable bonds is 4. The van der Waals surface area contributed by atoms with Crippen LogP contribution < -0.4 is 4.72 Å². The standard InChI is InChI=1S/C22H22N4O5S/c1-15-14-25(22(28)29)12-13-26(15)21(27)17-7-9-18(10-8-17)24-32(30,31)19-6-2-4-16-5-3-11-23-20(16)19/h2-11,15,24H,12-14H2,1H3,(H,28,29). The quantitative estimate of drug-likeness (QED) is 0.626. The molecule has 1 aliphatic heterocycles. The van der Waals surface area contributed by atoms with Gasteiger partial charge in [-0.25, -0.2) is 13.2 Å². The van der Waals surface area contributed by atoms with Gasteiger partial charge in [0, 0.05) is 48.5 Å². The van der Waals surface area contributed by atoms with E-state index < -0.39 is 16.1 Å². The molecular formula is C22H22N4O5S. The fourth-order valence-corrected chi connectivity index (χ4v) is 5.02. The predicted molar refractivity (Wildman–Crippen MR) is 119 cm³/mol. The number of nitrogens with one attached hydrogen (secondary N) is 1. The average molecular weight is 455 g/mol. The number of sulfonamides is 1. The fourth-order valence-electron chi connectivity index (χ4n) is 3.78. The molecule has 4 rings (SSSR count). The zero-order valence-corrected chi connectivity index (χ0v) is 18.1. The van der Waals surface area contributed by atoms with E-state index >= 15 is 0 Å². The molecule has 10 heteroatoms. The SMILES string of the molecule is CC1CN(C(=O)O)CCN1C(=O)c1ccc(NS(=O)(=O)c2cccc3cccnc23)cc1. The van der Waals surface area contributed by atoms with E-state index in [9.17, 15) is 18.0 Å². The summed E-state index contributed by atoms with van der Waals surface area (Å²) in [6.45, 7) is 2.60. The molecular weight excluding hydrogens is 432 g/mol. The number of carboxylic acid groups (broad SMARTS) is 1. The van der Waals surface area contributed by atoms with Crippen molar-refractivity contribution in [3.63, 3.8) is 0 Å². The number of carbonyl (C=O) groups excluding carboxylic acids is 1. The van der Waals surface area contributed by atoms with Crippen LogP contribution in [0.2, 0.25) is 0 Å². The Balaban J connectivity index is 1.50. The summed E-state index contributed by atoms with van der Waals surface area (Å²) in [7, 11) is -3.89. The lowest BCUT2D eigenvalue weighted by molar-refractivity contribution is 0.0484. The first-order valence-corrected chi connectivity index (χ1v) is 11.5. The van der Waals surface area contributed by atoms with Crippen LogP contribution in [0.1, 0.15) is 17.3 Å². The van der Waals surface area contributed by atoms with E-state index in [0.717, 1.165) is 0 Å². The molecule has 2 heterocycles. The van der Waals surface area contributed by atoms with Gasteiger partial charge in [0.1, 0.15) is 4.90 Å². The second kappa shape index (κ2) is 8.46. The molecule has 0 spiro atoms. The molecule has 1 unspecified atom stereocenters. The molecule has 0 radical (unpaired) electrons. The van der Waals surface area contributed by atoms with Crippen LogP contribution in [0.15, 0.2) is 65.7 Å². The summed E-state index contributed by atoms with van der Waals surface area (Å²) in [6.07, 6.45) is 0.543. The summed E-state index contributed by atoms with van der Waals surface area (Å²) in [5.74, 6) is -0.227. The average Bonchev–Trinajstić information content (AvgIpc) is 2.78. The Kier molecular flexibility index (Phi) is 5.70. The number of hydrogen-bond donors (Lipinski definition) is 2. The van der Waals surface area contributed by atoms with E-state index in [1.165, 1.54) is 23.1 Å². The van der Waals surface area contributed by atoms with Gasteiger partial charge < -0.3 is 14.9 Å². The molecule has 2 N–H and O–H groups in total. The van der Waals surface area contributed by atoms with Crippen molar-refractivity contribution < 1.29 is 23.1 Å². The lowest BCUT2D eigenvalue weighted by atomic mass is 10.1. The van der Waals surface area contributed by atoms with Gasteiger partial charge in [-0.15, -0.1) is 0 Å². The molecule has 1 saturated heterocycles. The molecule has 1 atom stereocenters. The number of carbonyl (C=O) groups is 2. The number of benzene rings is 2. The number of nitrogens with zero attached hydrogens (tertiary/aromatic N) is 3. The summed E-state index contributed by atoms with van der Waals surface area (Å²) in [6, 6.07) is 14.4. The maximum atomic E-state index is 12.9. The van der Waals surface area contributed by atoms with Crippen molar-refractivity contribution in [3.8, 4) is 0 Å². The molecule has 2 aromatic carbocycles. The van der Waals surface area contributed by atoms with Gasteiger partial charge in [-0.2, -0.15) is 0 Å². The van der Waals surface area contributed by atoms with Gasteiger partial charge in [0.2, 0.25) is 0 Å². The Hall–Kier alpha value is -3.66. The van der Waals surface area contributed by atoms with Gasteiger partial charge in [0.05, 0.1) is 5.52 Å². The number of piperazine rings is 1. The molecule has 0 bridgehead atoms. The zero-order chi connectivity index (χ0) is 22.9. The van der Waals surface area contributed by atoms with Crippen LogP contribution in [-0.2, 0) is 10.0 Å². The number of anilines is 1. The third-order valence-corrected chi connectivity index (χ3v) is 6.84. The molecule has 1 fully saturated rings. The molecule has 9 nitrogen and oxygen atoms in total. The van der Waals surface area contributed by atoms with Crippen molar-refractivity contribution in [3.05, 3.63) is 66.4 Å². The summed E-state index contributed by atoms with van der Waals surface area (Å²) < 4.78 is 28.4. The monoisotopic (exact) mass is 454 g/mol. The van der Waals surface area contributed by atoms with E-state index in [4.69, 9.17) is 5.11 Å². The largest absolute Gasteiger partial charge is 0.465 e. The lowest BCUT2D eigenvalue weighted by Gasteiger charge is -2.38. The van der Waals surface area contributed by atoms with Crippen LogP contribution >= 0.6 is 0 Å². The van der Waals surface area contributed by atoms with Crippen LogP contribution in [0, 0.1) is 0 Å². The van der Waals surface area contributed by atoms with Gasteiger partial charge in [-0.3, -0.25) is 14.5 Å². The first kappa shape index (κ1) is 21.6. The Morgan fingerprint density at radius 1 is 1.06 bits per heavy atom. The highest BCUT2D eigenvalue weighted by atomic mass is 32.2. The van der Waals surface area contributed by atoms with Crippen molar-refractivity contribution in [1.82, 2.24) is 14.8 Å². The number of pyridine rings is 1. The second-order valence-corrected chi connectivity index (χ2v) is 9.24. The Morgan fingerprint density at radius 2 is 1.78 bits per heavy atom. The second-order valence-electron chi connectivity index (χ2n) is 7.59. The molecule has 3 aromatic rings. The Morgan fingerprint density at radius 3 is 2.47 bits per heavy atom. The van der Waals surface area contributed by atoms with Gasteiger partial charge in [-0.1, -0.05) is 18.2 Å². The number of aromatic nitrogens is 1. The van der Waals surface area contributed by atoms with Gasteiger partial charge >= 0.3 is 6.09 Å². The lowest BCUT2D eigenvalue weighted by Crippen LogP contribution is -2.55. The van der Waals surface area contributed by atoms with Crippen LogP contribution in [-0.4, -0.2) is 66.0 Å². The zero-order valence-electron chi connectivity index (χ0n) is 17.3. The Bertz CT molecular complexity index is 1270. The first-order chi connectivity index (χ1) is 15.3. The summed E-state index contributed by atoms with van der Waals surface area (Å²) >= 11 is 0. The van der Waals surface area contributed by atoms with Crippen LogP contribution in [0.5, 0.6) is 0 Å². The molecule has 0 aliphatic carbocycles. The van der Waals surface area contributed by atoms with Crippen LogP contribution in [0.4, 0.5) is 10.5 Å². The van der Waals surface area contributed by atoms with Crippen LogP contribution in [0.3, 0.4) is 0 Å². The van der Waals surface area contributed by atoms with E-state index in [2.05, 4.69) is 9.71 Å². The highest BCUT2D eigenvalue weighted by Gasteiger charge is 2.30. The van der Waals surface area contributed by atoms with Crippen molar-refractivity contribution in [2.24, 2.45) is 0 Å². The normalized spacial score (nSPS) is 16.7. The predicted octanol–water partition coefficient (Wildman–Crippen LogP) is 2.86. The number of amides is 2. The van der Waals surface area contributed by atoms with Crippen molar-refractivity contribution in [2.75, 3.05) is 24.4 Å². The highest BCUT2D eigenvalue weighted by Crippen LogP contribution is 2.24. The smallest absolute Gasteiger partial charge is 0.407 e. The van der Waals surface area contributed by atoms with E-state index in [-0.39, 0.29) is 29.9 Å². The minimum Gasteiger partial charge on any atom is -0.465 e. The van der Waals surface area contributed by atoms with E-state index in [0.29, 0.717) is 28.7 Å². The molecule has 2 amide bonds. The van der Waals surface area contributed by atoms with E-state index in [1.807, 2.05) is 0 Å². The molecule has 32 heavy (non-hydrogen) atoms. The van der Waals surface area contributed by atoms with Crippen molar-refractivity contribution in [2.45, 2.75) is 17.9 Å².